The van der Waals surface area contributed by atoms with Crippen LogP contribution in [-0.2, 0) is 5.75 Å². The second kappa shape index (κ2) is 8.14. The quantitative estimate of drug-likeness (QED) is 0.460. The molecule has 0 unspecified atom stereocenters. The minimum atomic E-state index is -0.478. The van der Waals surface area contributed by atoms with Crippen molar-refractivity contribution in [3.63, 3.8) is 0 Å². The molecule has 4 aromatic rings. The predicted octanol–water partition coefficient (Wildman–Crippen LogP) is 4.85. The van der Waals surface area contributed by atoms with E-state index in [1.807, 2.05) is 60.0 Å². The van der Waals surface area contributed by atoms with E-state index < -0.39 is 11.2 Å². The van der Waals surface area contributed by atoms with E-state index in [1.54, 1.807) is 0 Å². The Balaban J connectivity index is 1.75. The lowest BCUT2D eigenvalue weighted by Gasteiger charge is -2.12. The van der Waals surface area contributed by atoms with Gasteiger partial charge in [-0.3, -0.25) is 9.36 Å². The summed E-state index contributed by atoms with van der Waals surface area (Å²) in [6.07, 6.45) is 1.05. The Hall–Kier alpha value is -3.03. The van der Waals surface area contributed by atoms with Crippen molar-refractivity contribution in [2.45, 2.75) is 17.8 Å². The molecule has 29 heavy (non-hydrogen) atoms. The van der Waals surface area contributed by atoms with Gasteiger partial charge >= 0.3 is 0 Å². The molecule has 0 atom stereocenters. The van der Waals surface area contributed by atoms with Gasteiger partial charge in [0.15, 0.2) is 16.7 Å². The van der Waals surface area contributed by atoms with E-state index in [9.17, 15) is 9.90 Å². The van der Waals surface area contributed by atoms with Crippen molar-refractivity contribution in [2.24, 2.45) is 0 Å². The first kappa shape index (κ1) is 19.3. The van der Waals surface area contributed by atoms with Crippen molar-refractivity contribution in [2.75, 3.05) is 0 Å². The number of halogens is 1. The molecule has 2 aromatic carbocycles. The SMILES string of the molecule is Cc1ccccc1-n1c(SCc2cc(=O)c(O)co2)nnc1-c1ccc(Cl)cc1. The molecular formula is C21H16ClN3O3S. The summed E-state index contributed by atoms with van der Waals surface area (Å²) < 4.78 is 7.27. The van der Waals surface area contributed by atoms with Crippen LogP contribution in [0.15, 0.2) is 75.2 Å². The highest BCUT2D eigenvalue weighted by atomic mass is 35.5. The Morgan fingerprint density at radius 2 is 1.90 bits per heavy atom. The van der Waals surface area contributed by atoms with Gasteiger partial charge in [0, 0.05) is 16.7 Å². The van der Waals surface area contributed by atoms with Crippen LogP contribution in [0.3, 0.4) is 0 Å². The number of aryl methyl sites for hydroxylation is 1. The van der Waals surface area contributed by atoms with Crippen molar-refractivity contribution in [3.05, 3.63) is 87.4 Å². The Morgan fingerprint density at radius 3 is 2.62 bits per heavy atom. The minimum absolute atomic E-state index is 0.361. The van der Waals surface area contributed by atoms with Gasteiger partial charge < -0.3 is 9.52 Å². The smallest absolute Gasteiger partial charge is 0.226 e. The fourth-order valence-corrected chi connectivity index (χ4v) is 3.80. The second-order valence-corrected chi connectivity index (χ2v) is 7.70. The minimum Gasteiger partial charge on any atom is -0.502 e. The van der Waals surface area contributed by atoms with Crippen LogP contribution in [-0.4, -0.2) is 19.9 Å². The zero-order valence-electron chi connectivity index (χ0n) is 15.4. The normalized spacial score (nSPS) is 11.0. The maximum absolute atomic E-state index is 11.6. The van der Waals surface area contributed by atoms with Gasteiger partial charge in [0.1, 0.15) is 12.0 Å². The molecule has 2 heterocycles. The molecule has 0 radical (unpaired) electrons. The average molecular weight is 426 g/mol. The van der Waals surface area contributed by atoms with E-state index in [-0.39, 0.29) is 0 Å². The van der Waals surface area contributed by atoms with Crippen molar-refractivity contribution in [3.8, 4) is 22.8 Å². The highest BCUT2D eigenvalue weighted by Crippen LogP contribution is 2.31. The summed E-state index contributed by atoms with van der Waals surface area (Å²) in [6.45, 7) is 2.02. The van der Waals surface area contributed by atoms with E-state index in [4.69, 9.17) is 16.0 Å². The van der Waals surface area contributed by atoms with E-state index in [1.165, 1.54) is 17.8 Å². The van der Waals surface area contributed by atoms with Crippen LogP contribution in [0, 0.1) is 6.92 Å². The van der Waals surface area contributed by atoms with E-state index >= 15 is 0 Å². The zero-order chi connectivity index (χ0) is 20.4. The van der Waals surface area contributed by atoms with Crippen LogP contribution in [0.25, 0.3) is 17.1 Å². The van der Waals surface area contributed by atoms with E-state index in [0.29, 0.717) is 27.5 Å². The number of benzene rings is 2. The van der Waals surface area contributed by atoms with Crippen molar-refractivity contribution >= 4 is 23.4 Å². The van der Waals surface area contributed by atoms with Gasteiger partial charge in [-0.05, 0) is 42.8 Å². The fourth-order valence-electron chi connectivity index (χ4n) is 2.84. The zero-order valence-corrected chi connectivity index (χ0v) is 16.9. The summed E-state index contributed by atoms with van der Waals surface area (Å²) in [7, 11) is 0. The summed E-state index contributed by atoms with van der Waals surface area (Å²) in [5.74, 6) is 1.07. The predicted molar refractivity (Wildman–Crippen MR) is 113 cm³/mol. The lowest BCUT2D eigenvalue weighted by Crippen LogP contribution is -2.02. The number of para-hydroxylation sites is 1. The molecule has 2 aromatic heterocycles. The summed E-state index contributed by atoms with van der Waals surface area (Å²) in [5.41, 5.74) is 2.43. The lowest BCUT2D eigenvalue weighted by molar-refractivity contribution is 0.419. The number of hydrogen-bond donors (Lipinski definition) is 1. The molecule has 0 spiro atoms. The third-order valence-electron chi connectivity index (χ3n) is 4.30. The highest BCUT2D eigenvalue weighted by Gasteiger charge is 2.18. The molecule has 0 aliphatic rings. The second-order valence-electron chi connectivity index (χ2n) is 6.32. The van der Waals surface area contributed by atoms with Crippen LogP contribution in [0.5, 0.6) is 5.75 Å². The Labute approximate surface area is 175 Å². The van der Waals surface area contributed by atoms with Crippen molar-refractivity contribution in [1.29, 1.82) is 0 Å². The molecule has 0 saturated carbocycles. The summed E-state index contributed by atoms with van der Waals surface area (Å²) in [6, 6.07) is 16.7. The molecule has 8 heteroatoms. The van der Waals surface area contributed by atoms with Crippen molar-refractivity contribution < 1.29 is 9.52 Å². The van der Waals surface area contributed by atoms with E-state index in [0.717, 1.165) is 23.1 Å². The summed E-state index contributed by atoms with van der Waals surface area (Å²) in [5, 5.41) is 19.4. The number of hydrogen-bond acceptors (Lipinski definition) is 6. The molecule has 0 aliphatic heterocycles. The van der Waals surface area contributed by atoms with Crippen LogP contribution in [0.4, 0.5) is 0 Å². The van der Waals surface area contributed by atoms with Gasteiger partial charge in [-0.15, -0.1) is 10.2 Å². The molecule has 0 bridgehead atoms. The first-order valence-electron chi connectivity index (χ1n) is 8.74. The third-order valence-corrected chi connectivity index (χ3v) is 5.51. The topological polar surface area (TPSA) is 81.2 Å². The van der Waals surface area contributed by atoms with Gasteiger partial charge in [-0.1, -0.05) is 41.6 Å². The van der Waals surface area contributed by atoms with Gasteiger partial charge in [-0.2, -0.15) is 0 Å². The largest absolute Gasteiger partial charge is 0.502 e. The molecule has 0 aliphatic carbocycles. The first-order valence-corrected chi connectivity index (χ1v) is 10.1. The molecule has 6 nitrogen and oxygen atoms in total. The van der Waals surface area contributed by atoms with Gasteiger partial charge in [0.2, 0.25) is 5.43 Å². The maximum atomic E-state index is 11.6. The Morgan fingerprint density at radius 1 is 1.14 bits per heavy atom. The van der Waals surface area contributed by atoms with Crippen LogP contribution < -0.4 is 5.43 Å². The van der Waals surface area contributed by atoms with Crippen LogP contribution in [0.1, 0.15) is 11.3 Å². The standard InChI is InChI=1S/C21H16ClN3O3S/c1-13-4-2-3-5-17(13)25-20(14-6-8-15(22)9-7-14)23-24-21(25)29-12-16-10-18(26)19(27)11-28-16/h2-11,27H,12H2,1H3. The number of rotatable bonds is 5. The molecule has 146 valence electrons. The first-order chi connectivity index (χ1) is 14.0. The molecule has 0 fully saturated rings. The number of thioether (sulfide) groups is 1. The number of nitrogens with zero attached hydrogens (tertiary/aromatic N) is 3. The van der Waals surface area contributed by atoms with Gasteiger partial charge in [0.25, 0.3) is 0 Å². The number of aromatic nitrogens is 3. The van der Waals surface area contributed by atoms with Crippen molar-refractivity contribution in [1.82, 2.24) is 14.8 Å². The molecule has 1 N–H and O–H groups in total. The molecule has 4 rings (SSSR count). The highest BCUT2D eigenvalue weighted by molar-refractivity contribution is 7.98. The van der Waals surface area contributed by atoms with E-state index in [2.05, 4.69) is 10.2 Å². The van der Waals surface area contributed by atoms with Crippen LogP contribution >= 0.6 is 23.4 Å². The number of aromatic hydroxyl groups is 1. The lowest BCUT2D eigenvalue weighted by atomic mass is 10.1. The molecule has 0 amide bonds. The summed E-state index contributed by atoms with van der Waals surface area (Å²) in [4.78, 5) is 11.6. The average Bonchev–Trinajstić information content (AvgIpc) is 3.13. The maximum Gasteiger partial charge on any atom is 0.226 e. The fraction of sp³-hybridized carbons (Fsp3) is 0.0952. The Bertz CT molecular complexity index is 1220. The van der Waals surface area contributed by atoms with Gasteiger partial charge in [0.05, 0.1) is 11.4 Å². The van der Waals surface area contributed by atoms with Gasteiger partial charge in [-0.25, -0.2) is 0 Å². The summed E-state index contributed by atoms with van der Waals surface area (Å²) >= 11 is 7.41. The molecular weight excluding hydrogens is 410 g/mol. The Kier molecular flexibility index (Phi) is 5.42. The third kappa shape index (κ3) is 4.06. The monoisotopic (exact) mass is 425 g/mol. The molecule has 0 saturated heterocycles. The van der Waals surface area contributed by atoms with Crippen LogP contribution in [0.2, 0.25) is 5.02 Å².